The summed E-state index contributed by atoms with van der Waals surface area (Å²) in [6.45, 7) is 4.10. The Morgan fingerprint density at radius 2 is 1.94 bits per heavy atom. The Morgan fingerprint density at radius 3 is 2.56 bits per heavy atom. The third-order valence-electron chi connectivity index (χ3n) is 3.52. The van der Waals surface area contributed by atoms with E-state index in [1.165, 1.54) is 5.56 Å². The van der Waals surface area contributed by atoms with Crippen LogP contribution < -0.4 is 0 Å². The van der Waals surface area contributed by atoms with Crippen LogP contribution in [-0.4, -0.2) is 53.6 Å². The minimum atomic E-state index is -0.385. The van der Waals surface area contributed by atoms with E-state index in [9.17, 15) is 9.90 Å². The van der Waals surface area contributed by atoms with Gasteiger partial charge in [-0.25, -0.2) is 0 Å². The lowest BCUT2D eigenvalue weighted by Crippen LogP contribution is -2.56. The van der Waals surface area contributed by atoms with Crippen LogP contribution in [0.5, 0.6) is 0 Å². The van der Waals surface area contributed by atoms with Gasteiger partial charge in [-0.15, -0.1) is 0 Å². The highest BCUT2D eigenvalue weighted by molar-refractivity contribution is 5.82. The molecule has 1 aromatic carbocycles. The summed E-state index contributed by atoms with van der Waals surface area (Å²) in [5.41, 5.74) is 2.35. The van der Waals surface area contributed by atoms with Gasteiger partial charge in [-0.05, 0) is 19.5 Å². The van der Waals surface area contributed by atoms with Crippen molar-refractivity contribution in [3.05, 3.63) is 35.4 Å². The largest absolute Gasteiger partial charge is 0.394 e. The van der Waals surface area contributed by atoms with E-state index in [0.717, 1.165) is 18.7 Å². The fourth-order valence-corrected chi connectivity index (χ4v) is 2.23. The molecule has 1 heterocycles. The molecule has 4 nitrogen and oxygen atoms in total. The third-order valence-corrected chi connectivity index (χ3v) is 3.52. The van der Waals surface area contributed by atoms with Gasteiger partial charge in [-0.3, -0.25) is 9.69 Å². The highest BCUT2D eigenvalue weighted by Crippen LogP contribution is 2.13. The van der Waals surface area contributed by atoms with Gasteiger partial charge >= 0.3 is 0 Å². The topological polar surface area (TPSA) is 43.8 Å². The number of nitrogens with zero attached hydrogens (tertiary/aromatic N) is 2. The number of amides is 1. The lowest BCUT2D eigenvalue weighted by molar-refractivity contribution is -0.143. The first kappa shape index (κ1) is 13.1. The summed E-state index contributed by atoms with van der Waals surface area (Å²) in [4.78, 5) is 15.9. The number of hydrogen-bond acceptors (Lipinski definition) is 3. The molecule has 98 valence electrons. The molecule has 1 aliphatic rings. The fraction of sp³-hybridized carbons (Fsp3) is 0.500. The van der Waals surface area contributed by atoms with Crippen LogP contribution in [0, 0.1) is 6.92 Å². The second kappa shape index (κ2) is 5.50. The Bertz CT molecular complexity index is 416. The Balaban J connectivity index is 2.05. The van der Waals surface area contributed by atoms with Crippen molar-refractivity contribution in [2.75, 3.05) is 26.7 Å². The molecule has 0 aromatic heterocycles. The van der Waals surface area contributed by atoms with Gasteiger partial charge in [0, 0.05) is 19.6 Å². The maximum atomic E-state index is 12.2. The van der Waals surface area contributed by atoms with E-state index < -0.39 is 0 Å². The van der Waals surface area contributed by atoms with E-state index >= 15 is 0 Å². The van der Waals surface area contributed by atoms with Crippen LogP contribution in [-0.2, 0) is 11.3 Å². The van der Waals surface area contributed by atoms with Gasteiger partial charge in [0.1, 0.15) is 6.04 Å². The number of aliphatic hydroxyl groups excluding tert-OH is 1. The number of rotatable bonds is 3. The van der Waals surface area contributed by atoms with E-state index in [4.69, 9.17) is 0 Å². The zero-order valence-electron chi connectivity index (χ0n) is 11.0. The Morgan fingerprint density at radius 1 is 1.28 bits per heavy atom. The van der Waals surface area contributed by atoms with Crippen LogP contribution in [0.3, 0.4) is 0 Å². The molecule has 0 bridgehead atoms. The number of carbonyl (C=O) groups is 1. The number of aliphatic hydroxyl groups is 1. The lowest BCUT2D eigenvalue weighted by Gasteiger charge is -2.37. The summed E-state index contributed by atoms with van der Waals surface area (Å²) in [6.07, 6.45) is 0. The normalized spacial score (nSPS) is 21.4. The van der Waals surface area contributed by atoms with Crippen molar-refractivity contribution in [3.8, 4) is 0 Å². The average Bonchev–Trinajstić information content (AvgIpc) is 2.36. The second-order valence-corrected chi connectivity index (χ2v) is 4.92. The molecule has 4 heteroatoms. The van der Waals surface area contributed by atoms with Crippen LogP contribution in [0.2, 0.25) is 0 Å². The quantitative estimate of drug-likeness (QED) is 0.853. The van der Waals surface area contributed by atoms with Crippen molar-refractivity contribution in [1.82, 2.24) is 9.80 Å². The van der Waals surface area contributed by atoms with Gasteiger partial charge < -0.3 is 10.0 Å². The van der Waals surface area contributed by atoms with Crippen molar-refractivity contribution in [3.63, 3.8) is 0 Å². The number of benzene rings is 1. The van der Waals surface area contributed by atoms with Crippen molar-refractivity contribution in [1.29, 1.82) is 0 Å². The smallest absolute Gasteiger partial charge is 0.242 e. The number of hydrogen-bond donors (Lipinski definition) is 1. The van der Waals surface area contributed by atoms with E-state index in [-0.39, 0.29) is 18.6 Å². The molecule has 1 fully saturated rings. The van der Waals surface area contributed by atoms with Crippen LogP contribution in [0.15, 0.2) is 24.3 Å². The van der Waals surface area contributed by atoms with Gasteiger partial charge in [-0.1, -0.05) is 29.8 Å². The molecule has 1 amide bonds. The lowest BCUT2D eigenvalue weighted by atomic mass is 10.1. The van der Waals surface area contributed by atoms with Gasteiger partial charge in [0.25, 0.3) is 0 Å². The predicted octanol–water partition coefficient (Wildman–Crippen LogP) is 0.630. The van der Waals surface area contributed by atoms with Gasteiger partial charge in [-0.2, -0.15) is 0 Å². The molecule has 2 rings (SSSR count). The summed E-state index contributed by atoms with van der Waals surface area (Å²) in [5, 5.41) is 9.26. The SMILES string of the molecule is Cc1ccc(CN2CCN(C)C(CO)C2=O)cc1. The van der Waals surface area contributed by atoms with Crippen LogP contribution >= 0.6 is 0 Å². The monoisotopic (exact) mass is 248 g/mol. The van der Waals surface area contributed by atoms with Gasteiger partial charge in [0.2, 0.25) is 5.91 Å². The standard InChI is InChI=1S/C14H20N2O2/c1-11-3-5-12(6-4-11)9-16-8-7-15(2)13(10-17)14(16)18/h3-6,13,17H,7-10H2,1-2H3. The summed E-state index contributed by atoms with van der Waals surface area (Å²) in [6, 6.07) is 7.83. The number of likely N-dealkylation sites (N-methyl/N-ethyl adjacent to an activating group) is 1. The highest BCUT2D eigenvalue weighted by atomic mass is 16.3. The maximum absolute atomic E-state index is 12.2. The first-order valence-electron chi connectivity index (χ1n) is 6.27. The summed E-state index contributed by atoms with van der Waals surface area (Å²) in [5.74, 6) is 0.0202. The molecule has 0 radical (unpaired) electrons. The van der Waals surface area contributed by atoms with E-state index in [1.54, 1.807) is 0 Å². The molecule has 18 heavy (non-hydrogen) atoms. The van der Waals surface area contributed by atoms with Gasteiger partial charge in [0.15, 0.2) is 0 Å². The fourth-order valence-electron chi connectivity index (χ4n) is 2.23. The van der Waals surface area contributed by atoms with E-state index in [0.29, 0.717) is 6.54 Å². The molecule has 1 aliphatic heterocycles. The summed E-state index contributed by atoms with van der Waals surface area (Å²) < 4.78 is 0. The minimum Gasteiger partial charge on any atom is -0.394 e. The zero-order valence-corrected chi connectivity index (χ0v) is 11.0. The second-order valence-electron chi connectivity index (χ2n) is 4.92. The Labute approximate surface area is 108 Å². The molecule has 1 N–H and O–H groups in total. The van der Waals surface area contributed by atoms with Crippen LogP contribution in [0.25, 0.3) is 0 Å². The maximum Gasteiger partial charge on any atom is 0.242 e. The Hall–Kier alpha value is -1.39. The summed E-state index contributed by atoms with van der Waals surface area (Å²) in [7, 11) is 1.88. The van der Waals surface area contributed by atoms with Crippen LogP contribution in [0.1, 0.15) is 11.1 Å². The number of carbonyl (C=O) groups excluding carboxylic acids is 1. The molecular formula is C14H20N2O2. The van der Waals surface area contributed by atoms with E-state index in [2.05, 4.69) is 24.3 Å². The van der Waals surface area contributed by atoms with E-state index in [1.807, 2.05) is 23.8 Å². The first-order valence-corrected chi connectivity index (χ1v) is 6.27. The van der Waals surface area contributed by atoms with Crippen LogP contribution in [0.4, 0.5) is 0 Å². The van der Waals surface area contributed by atoms with Crippen molar-refractivity contribution < 1.29 is 9.90 Å². The van der Waals surface area contributed by atoms with Gasteiger partial charge in [0.05, 0.1) is 6.61 Å². The number of aryl methyl sites for hydroxylation is 1. The summed E-state index contributed by atoms with van der Waals surface area (Å²) >= 11 is 0. The average molecular weight is 248 g/mol. The molecule has 0 aliphatic carbocycles. The molecule has 0 saturated carbocycles. The molecule has 0 spiro atoms. The molecule has 1 atom stereocenters. The third kappa shape index (κ3) is 2.71. The molecule has 1 saturated heterocycles. The highest BCUT2D eigenvalue weighted by Gasteiger charge is 2.31. The minimum absolute atomic E-state index is 0.0202. The molecule has 1 unspecified atom stereocenters. The van der Waals surface area contributed by atoms with Crippen molar-refractivity contribution in [2.24, 2.45) is 0 Å². The zero-order chi connectivity index (χ0) is 13.1. The first-order chi connectivity index (χ1) is 8.61. The molecule has 1 aromatic rings. The van der Waals surface area contributed by atoms with Crippen molar-refractivity contribution >= 4 is 5.91 Å². The van der Waals surface area contributed by atoms with Crippen molar-refractivity contribution in [2.45, 2.75) is 19.5 Å². The predicted molar refractivity (Wildman–Crippen MR) is 70.1 cm³/mol. The molecular weight excluding hydrogens is 228 g/mol. The Kier molecular flexibility index (Phi) is 3.99. The number of piperazine rings is 1.